The van der Waals surface area contributed by atoms with Gasteiger partial charge in [0, 0.05) is 12.6 Å². The van der Waals surface area contributed by atoms with Crippen molar-refractivity contribution in [2.75, 3.05) is 20.6 Å². The summed E-state index contributed by atoms with van der Waals surface area (Å²) in [7, 11) is 3.90. The maximum absolute atomic E-state index is 11.7. The summed E-state index contributed by atoms with van der Waals surface area (Å²) in [5.74, 6) is -0.374. The molecule has 0 heterocycles. The number of hydrogen-bond donors (Lipinski definition) is 2. The molecule has 2 aliphatic carbocycles. The molecule has 1 unspecified atom stereocenters. The van der Waals surface area contributed by atoms with Crippen LogP contribution >= 0.6 is 0 Å². The summed E-state index contributed by atoms with van der Waals surface area (Å²) in [5, 5.41) is 12.8. The number of hydrogen-bond acceptors (Lipinski definition) is 3. The van der Waals surface area contributed by atoms with Gasteiger partial charge in [0.05, 0.1) is 0 Å². The number of rotatable bonds is 6. The lowest BCUT2D eigenvalue weighted by Gasteiger charge is -2.37. The summed E-state index contributed by atoms with van der Waals surface area (Å²) in [5.41, 5.74) is -0.735. The van der Waals surface area contributed by atoms with E-state index in [0.29, 0.717) is 18.5 Å². The number of nitrogens with one attached hydrogen (secondary N) is 1. The molecule has 0 aromatic heterocycles. The minimum Gasteiger partial charge on any atom is -0.480 e. The van der Waals surface area contributed by atoms with Gasteiger partial charge in [0.25, 0.3) is 0 Å². The highest BCUT2D eigenvalue weighted by Gasteiger charge is 2.51. The summed E-state index contributed by atoms with van der Waals surface area (Å²) >= 11 is 0. The van der Waals surface area contributed by atoms with Crippen molar-refractivity contribution in [2.45, 2.75) is 62.9 Å². The fourth-order valence-corrected chi connectivity index (χ4v) is 3.56. The molecule has 0 aromatic rings. The quantitative estimate of drug-likeness (QED) is 0.724. The number of nitrogens with zero attached hydrogens (tertiary/aromatic N) is 1. The topological polar surface area (TPSA) is 52.6 Å². The second-order valence-electron chi connectivity index (χ2n) is 6.36. The van der Waals surface area contributed by atoms with Gasteiger partial charge >= 0.3 is 5.97 Å². The second-order valence-corrected chi connectivity index (χ2v) is 6.36. The van der Waals surface area contributed by atoms with E-state index in [1.807, 2.05) is 0 Å². The van der Waals surface area contributed by atoms with Crippen molar-refractivity contribution in [1.29, 1.82) is 0 Å². The predicted molar refractivity (Wildman–Crippen MR) is 76.3 cm³/mol. The summed E-state index contributed by atoms with van der Waals surface area (Å²) in [6.07, 6.45) is 9.79. The first-order chi connectivity index (χ1) is 9.10. The Morgan fingerprint density at radius 2 is 1.79 bits per heavy atom. The molecule has 2 N–H and O–H groups in total. The van der Waals surface area contributed by atoms with Crippen LogP contribution in [0.15, 0.2) is 0 Å². The molecule has 0 radical (unpaired) electrons. The van der Waals surface area contributed by atoms with Gasteiger partial charge < -0.3 is 15.3 Å². The number of aliphatic carboxylic acids is 1. The van der Waals surface area contributed by atoms with Crippen LogP contribution < -0.4 is 5.32 Å². The minimum absolute atomic E-state index is 0.309. The van der Waals surface area contributed by atoms with E-state index in [-0.39, 0.29) is 0 Å². The third kappa shape index (κ3) is 3.29. The van der Waals surface area contributed by atoms with Gasteiger partial charge in [0.1, 0.15) is 5.54 Å². The summed E-state index contributed by atoms with van der Waals surface area (Å²) in [6.45, 7) is 0.633. The highest BCUT2D eigenvalue weighted by Crippen LogP contribution is 2.40. The normalized spacial score (nSPS) is 25.0. The first-order valence-corrected chi connectivity index (χ1v) is 7.72. The van der Waals surface area contributed by atoms with E-state index in [1.165, 1.54) is 38.5 Å². The SMILES string of the molecule is CNC(CN(C)C1CCCCCC1)(C(=O)O)C1CC1. The van der Waals surface area contributed by atoms with Gasteiger partial charge in [-0.25, -0.2) is 0 Å². The highest BCUT2D eigenvalue weighted by molar-refractivity contribution is 5.80. The van der Waals surface area contributed by atoms with Crippen molar-refractivity contribution >= 4 is 5.97 Å². The molecule has 0 bridgehead atoms. The number of carbonyl (C=O) groups is 1. The van der Waals surface area contributed by atoms with Gasteiger partial charge in [0.2, 0.25) is 0 Å². The molecule has 2 saturated carbocycles. The van der Waals surface area contributed by atoms with Gasteiger partial charge in [-0.1, -0.05) is 25.7 Å². The molecular weight excluding hydrogens is 240 g/mol. The van der Waals surface area contributed by atoms with Crippen LogP contribution in [0.3, 0.4) is 0 Å². The number of likely N-dealkylation sites (N-methyl/N-ethyl adjacent to an activating group) is 2. The van der Waals surface area contributed by atoms with E-state index >= 15 is 0 Å². The Balaban J connectivity index is 2.01. The molecule has 110 valence electrons. The Hall–Kier alpha value is -0.610. The zero-order valence-corrected chi connectivity index (χ0v) is 12.3. The summed E-state index contributed by atoms with van der Waals surface area (Å²) in [4.78, 5) is 14.0. The molecular formula is C15H28N2O2. The average Bonchev–Trinajstić information content (AvgIpc) is 3.20. The molecule has 2 rings (SSSR count). The number of carboxylic acid groups (broad SMARTS) is 1. The van der Waals surface area contributed by atoms with Crippen molar-refractivity contribution in [3.8, 4) is 0 Å². The third-order valence-corrected chi connectivity index (χ3v) is 5.05. The monoisotopic (exact) mass is 268 g/mol. The fourth-order valence-electron chi connectivity index (χ4n) is 3.56. The Bertz CT molecular complexity index is 309. The Kier molecular flexibility index (Phi) is 4.85. The molecule has 0 saturated heterocycles. The minimum atomic E-state index is -0.735. The van der Waals surface area contributed by atoms with Crippen LogP contribution in [0.4, 0.5) is 0 Å². The lowest BCUT2D eigenvalue weighted by Crippen LogP contribution is -2.60. The first kappa shape index (κ1) is 14.8. The van der Waals surface area contributed by atoms with Crippen molar-refractivity contribution < 1.29 is 9.90 Å². The van der Waals surface area contributed by atoms with Crippen molar-refractivity contribution in [3.63, 3.8) is 0 Å². The van der Waals surface area contributed by atoms with Gasteiger partial charge in [-0.3, -0.25) is 4.79 Å². The molecule has 1 atom stereocenters. The van der Waals surface area contributed by atoms with Crippen LogP contribution in [0.5, 0.6) is 0 Å². The van der Waals surface area contributed by atoms with Crippen LogP contribution in [0, 0.1) is 5.92 Å². The van der Waals surface area contributed by atoms with Crippen LogP contribution in [0.25, 0.3) is 0 Å². The van der Waals surface area contributed by atoms with Crippen LogP contribution in [-0.4, -0.2) is 48.2 Å². The van der Waals surface area contributed by atoms with E-state index in [0.717, 1.165) is 12.8 Å². The fraction of sp³-hybridized carbons (Fsp3) is 0.933. The third-order valence-electron chi connectivity index (χ3n) is 5.05. The van der Waals surface area contributed by atoms with Gasteiger partial charge in [-0.15, -0.1) is 0 Å². The smallest absolute Gasteiger partial charge is 0.325 e. The van der Waals surface area contributed by atoms with E-state index in [2.05, 4.69) is 17.3 Å². The van der Waals surface area contributed by atoms with Crippen molar-refractivity contribution in [1.82, 2.24) is 10.2 Å². The average molecular weight is 268 g/mol. The molecule has 19 heavy (non-hydrogen) atoms. The summed E-state index contributed by atoms with van der Waals surface area (Å²) < 4.78 is 0. The molecule has 2 fully saturated rings. The van der Waals surface area contributed by atoms with Crippen LogP contribution in [0.2, 0.25) is 0 Å². The van der Waals surface area contributed by atoms with Gasteiger partial charge in [-0.05, 0) is 45.7 Å². The lowest BCUT2D eigenvalue weighted by atomic mass is 9.91. The molecule has 4 heteroatoms. The first-order valence-electron chi connectivity index (χ1n) is 7.72. The zero-order chi connectivity index (χ0) is 13.9. The summed E-state index contributed by atoms with van der Waals surface area (Å²) in [6, 6.07) is 0.563. The molecule has 4 nitrogen and oxygen atoms in total. The molecule has 0 aliphatic heterocycles. The largest absolute Gasteiger partial charge is 0.480 e. The number of carboxylic acids is 1. The van der Waals surface area contributed by atoms with Crippen molar-refractivity contribution in [2.24, 2.45) is 5.92 Å². The standard InChI is InChI=1S/C15H28N2O2/c1-16-15(14(18)19,12-9-10-12)11-17(2)13-7-5-3-4-6-8-13/h12-13,16H,3-11H2,1-2H3,(H,18,19). The molecule has 0 spiro atoms. The second kappa shape index (κ2) is 6.23. The van der Waals surface area contributed by atoms with Gasteiger partial charge in [0.15, 0.2) is 0 Å². The van der Waals surface area contributed by atoms with E-state index in [4.69, 9.17) is 0 Å². The van der Waals surface area contributed by atoms with E-state index < -0.39 is 11.5 Å². The van der Waals surface area contributed by atoms with Crippen molar-refractivity contribution in [3.05, 3.63) is 0 Å². The molecule has 2 aliphatic rings. The Labute approximate surface area is 116 Å². The maximum Gasteiger partial charge on any atom is 0.325 e. The van der Waals surface area contributed by atoms with E-state index in [1.54, 1.807) is 7.05 Å². The molecule has 0 aromatic carbocycles. The highest BCUT2D eigenvalue weighted by atomic mass is 16.4. The predicted octanol–water partition coefficient (Wildman–Crippen LogP) is 2.09. The van der Waals surface area contributed by atoms with E-state index in [9.17, 15) is 9.90 Å². The lowest BCUT2D eigenvalue weighted by molar-refractivity contribution is -0.146. The van der Waals surface area contributed by atoms with Crippen LogP contribution in [-0.2, 0) is 4.79 Å². The molecule has 0 amide bonds. The Morgan fingerprint density at radius 3 is 2.21 bits per heavy atom. The Morgan fingerprint density at radius 1 is 1.21 bits per heavy atom. The van der Waals surface area contributed by atoms with Crippen LogP contribution in [0.1, 0.15) is 51.4 Å². The zero-order valence-electron chi connectivity index (χ0n) is 12.3. The van der Waals surface area contributed by atoms with Gasteiger partial charge in [-0.2, -0.15) is 0 Å². The maximum atomic E-state index is 11.7.